The zero-order valence-corrected chi connectivity index (χ0v) is 18.9. The predicted octanol–water partition coefficient (Wildman–Crippen LogP) is 4.41. The lowest BCUT2D eigenvalue weighted by atomic mass is 10.1. The van der Waals surface area contributed by atoms with Crippen LogP contribution in [0.3, 0.4) is 0 Å². The maximum absolute atomic E-state index is 14.7. The molecule has 0 saturated carbocycles. The molecule has 0 unspecified atom stereocenters. The van der Waals surface area contributed by atoms with Gasteiger partial charge in [0, 0.05) is 30.2 Å². The SMILES string of the molecule is Cc1nccn1-c1ccc(NC(=O)c2ccc3c(c2)C(=O)N(CCc2ccccc2)C3=O)cc1F. The van der Waals surface area contributed by atoms with Crippen molar-refractivity contribution in [1.82, 2.24) is 14.5 Å². The van der Waals surface area contributed by atoms with Crippen molar-refractivity contribution >= 4 is 23.4 Å². The van der Waals surface area contributed by atoms with Crippen molar-refractivity contribution < 1.29 is 18.8 Å². The summed E-state index contributed by atoms with van der Waals surface area (Å²) < 4.78 is 16.3. The molecule has 8 heteroatoms. The van der Waals surface area contributed by atoms with E-state index in [-0.39, 0.29) is 34.8 Å². The van der Waals surface area contributed by atoms with E-state index in [2.05, 4.69) is 10.3 Å². The van der Waals surface area contributed by atoms with Gasteiger partial charge in [0.25, 0.3) is 17.7 Å². The van der Waals surface area contributed by atoms with Crippen LogP contribution < -0.4 is 5.32 Å². The van der Waals surface area contributed by atoms with E-state index in [9.17, 15) is 18.8 Å². The summed E-state index contributed by atoms with van der Waals surface area (Å²) in [5, 5.41) is 2.65. The standard InChI is InChI=1S/C27H21FN4O3/c1-17-29-12-14-31(17)24-10-8-20(16-23(24)28)30-25(33)19-7-9-21-22(15-19)27(35)32(26(21)34)13-11-18-5-3-2-4-6-18/h2-10,12,14-16H,11,13H2,1H3,(H,30,33). The minimum Gasteiger partial charge on any atom is -0.322 e. The molecular weight excluding hydrogens is 447 g/mol. The van der Waals surface area contributed by atoms with E-state index in [1.165, 1.54) is 29.2 Å². The van der Waals surface area contributed by atoms with Gasteiger partial charge in [-0.15, -0.1) is 0 Å². The second-order valence-corrected chi connectivity index (χ2v) is 8.22. The predicted molar refractivity (Wildman–Crippen MR) is 128 cm³/mol. The Kier molecular flexibility index (Phi) is 5.70. The van der Waals surface area contributed by atoms with Crippen LogP contribution in [-0.4, -0.2) is 38.7 Å². The molecule has 4 aromatic rings. The summed E-state index contributed by atoms with van der Waals surface area (Å²) in [4.78, 5) is 43.8. The molecule has 5 rings (SSSR count). The van der Waals surface area contributed by atoms with Gasteiger partial charge in [0.2, 0.25) is 0 Å². The van der Waals surface area contributed by atoms with Crippen molar-refractivity contribution in [1.29, 1.82) is 0 Å². The average Bonchev–Trinajstić information content (AvgIpc) is 3.39. The van der Waals surface area contributed by atoms with Gasteiger partial charge >= 0.3 is 0 Å². The number of hydrogen-bond acceptors (Lipinski definition) is 4. The van der Waals surface area contributed by atoms with Crippen LogP contribution in [0.25, 0.3) is 5.69 Å². The van der Waals surface area contributed by atoms with E-state index in [0.717, 1.165) is 5.56 Å². The van der Waals surface area contributed by atoms with Crippen molar-refractivity contribution in [2.45, 2.75) is 13.3 Å². The first-order valence-corrected chi connectivity index (χ1v) is 11.1. The van der Waals surface area contributed by atoms with Crippen molar-refractivity contribution in [2.24, 2.45) is 0 Å². The maximum Gasteiger partial charge on any atom is 0.261 e. The molecule has 1 aromatic heterocycles. The zero-order valence-electron chi connectivity index (χ0n) is 18.9. The first kappa shape index (κ1) is 22.2. The lowest BCUT2D eigenvalue weighted by Crippen LogP contribution is -2.31. The quantitative estimate of drug-likeness (QED) is 0.425. The van der Waals surface area contributed by atoms with Crippen LogP contribution in [0.15, 0.2) is 79.1 Å². The Morgan fingerprint density at radius 3 is 2.46 bits per heavy atom. The van der Waals surface area contributed by atoms with E-state index in [4.69, 9.17) is 0 Å². The molecule has 3 amide bonds. The number of imidazole rings is 1. The number of hydrogen-bond donors (Lipinski definition) is 1. The first-order chi connectivity index (χ1) is 16.9. The maximum atomic E-state index is 14.7. The third kappa shape index (κ3) is 4.21. The molecule has 1 aliphatic rings. The smallest absolute Gasteiger partial charge is 0.261 e. The first-order valence-electron chi connectivity index (χ1n) is 11.1. The minimum absolute atomic E-state index is 0.188. The number of amides is 3. The Labute approximate surface area is 200 Å². The van der Waals surface area contributed by atoms with Gasteiger partial charge in [-0.25, -0.2) is 9.37 Å². The molecule has 35 heavy (non-hydrogen) atoms. The normalized spacial score (nSPS) is 12.7. The number of nitrogens with zero attached hydrogens (tertiary/aromatic N) is 3. The number of carbonyl (C=O) groups excluding carboxylic acids is 3. The second kappa shape index (κ2) is 8.98. The fraction of sp³-hybridized carbons (Fsp3) is 0.111. The molecule has 3 aromatic carbocycles. The van der Waals surface area contributed by atoms with Gasteiger partial charge in [-0.3, -0.25) is 19.3 Å². The lowest BCUT2D eigenvalue weighted by Gasteiger charge is -2.13. The highest BCUT2D eigenvalue weighted by Gasteiger charge is 2.35. The number of fused-ring (bicyclic) bond motifs is 1. The van der Waals surface area contributed by atoms with Crippen molar-refractivity contribution in [3.05, 3.63) is 113 Å². The number of halogens is 1. The summed E-state index contributed by atoms with van der Waals surface area (Å²) in [6.07, 6.45) is 3.77. The molecule has 2 heterocycles. The highest BCUT2D eigenvalue weighted by Crippen LogP contribution is 2.25. The molecule has 1 aliphatic heterocycles. The summed E-state index contributed by atoms with van der Waals surface area (Å²) in [5.41, 5.74) is 2.26. The highest BCUT2D eigenvalue weighted by molar-refractivity contribution is 6.22. The molecule has 0 aliphatic carbocycles. The summed E-state index contributed by atoms with van der Waals surface area (Å²) >= 11 is 0. The van der Waals surface area contributed by atoms with Gasteiger partial charge in [-0.2, -0.15) is 0 Å². The van der Waals surface area contributed by atoms with Gasteiger partial charge in [0.1, 0.15) is 11.6 Å². The van der Waals surface area contributed by atoms with Crippen molar-refractivity contribution in [3.63, 3.8) is 0 Å². The molecule has 0 saturated heterocycles. The van der Waals surface area contributed by atoms with Gasteiger partial charge in [-0.1, -0.05) is 30.3 Å². The van der Waals surface area contributed by atoms with Crippen LogP contribution in [0.4, 0.5) is 10.1 Å². The van der Waals surface area contributed by atoms with E-state index in [1.807, 2.05) is 30.3 Å². The largest absolute Gasteiger partial charge is 0.322 e. The van der Waals surface area contributed by atoms with Crippen LogP contribution >= 0.6 is 0 Å². The molecule has 0 bridgehead atoms. The summed E-state index contributed by atoms with van der Waals surface area (Å²) in [6.45, 7) is 2.01. The number of anilines is 1. The number of benzene rings is 3. The molecule has 174 valence electrons. The Hall–Kier alpha value is -4.59. The number of aryl methyl sites for hydroxylation is 1. The Morgan fingerprint density at radius 2 is 1.74 bits per heavy atom. The highest BCUT2D eigenvalue weighted by atomic mass is 19.1. The van der Waals surface area contributed by atoms with Gasteiger partial charge in [0.15, 0.2) is 0 Å². The Morgan fingerprint density at radius 1 is 0.971 bits per heavy atom. The number of nitrogens with one attached hydrogen (secondary N) is 1. The molecule has 0 spiro atoms. The van der Waals surface area contributed by atoms with Gasteiger partial charge in [-0.05, 0) is 55.3 Å². The topological polar surface area (TPSA) is 84.3 Å². The average molecular weight is 468 g/mol. The number of rotatable bonds is 6. The van der Waals surface area contributed by atoms with Crippen LogP contribution in [0.2, 0.25) is 0 Å². The van der Waals surface area contributed by atoms with Crippen LogP contribution in [0, 0.1) is 12.7 Å². The lowest BCUT2D eigenvalue weighted by molar-refractivity contribution is 0.0656. The molecule has 0 atom stereocenters. The Bertz CT molecular complexity index is 1460. The molecule has 1 N–H and O–H groups in total. The molecular formula is C27H21FN4O3. The van der Waals surface area contributed by atoms with Gasteiger partial charge < -0.3 is 9.88 Å². The summed E-state index contributed by atoms with van der Waals surface area (Å²) in [5.74, 6) is -1.20. The fourth-order valence-corrected chi connectivity index (χ4v) is 4.14. The number of carbonyl (C=O) groups is 3. The fourth-order valence-electron chi connectivity index (χ4n) is 4.14. The molecule has 7 nitrogen and oxygen atoms in total. The van der Waals surface area contributed by atoms with Crippen molar-refractivity contribution in [2.75, 3.05) is 11.9 Å². The Balaban J connectivity index is 1.31. The molecule has 0 radical (unpaired) electrons. The van der Waals surface area contributed by atoms with Crippen LogP contribution in [-0.2, 0) is 6.42 Å². The second-order valence-electron chi connectivity index (χ2n) is 8.22. The number of imide groups is 1. The minimum atomic E-state index is -0.521. The third-order valence-corrected chi connectivity index (χ3v) is 5.99. The summed E-state index contributed by atoms with van der Waals surface area (Å²) in [6, 6.07) is 18.3. The third-order valence-electron chi connectivity index (χ3n) is 5.99. The van der Waals surface area contributed by atoms with Crippen LogP contribution in [0.5, 0.6) is 0 Å². The molecule has 0 fully saturated rings. The van der Waals surface area contributed by atoms with E-state index >= 15 is 0 Å². The number of aromatic nitrogens is 2. The van der Waals surface area contributed by atoms with E-state index in [0.29, 0.717) is 17.9 Å². The van der Waals surface area contributed by atoms with Gasteiger partial charge in [0.05, 0.1) is 16.8 Å². The monoisotopic (exact) mass is 468 g/mol. The van der Waals surface area contributed by atoms with Crippen molar-refractivity contribution in [3.8, 4) is 5.69 Å². The summed E-state index contributed by atoms with van der Waals surface area (Å²) in [7, 11) is 0. The van der Waals surface area contributed by atoms with E-state index < -0.39 is 17.6 Å². The van der Waals surface area contributed by atoms with Crippen LogP contribution in [0.1, 0.15) is 42.5 Å². The zero-order chi connectivity index (χ0) is 24.5. The van der Waals surface area contributed by atoms with E-state index in [1.54, 1.807) is 36.0 Å².